The Morgan fingerprint density at radius 3 is 2.55 bits per heavy atom. The van der Waals surface area contributed by atoms with Gasteiger partial charge in [-0.3, -0.25) is 9.59 Å². The predicted octanol–water partition coefficient (Wildman–Crippen LogP) is 3.36. The standard InChI is InChI=1S/C24H28N2O3/c1-2-15-26(21-11-10-19-5-3-4-6-20(19)16-21)24(28)14-9-18-7-12-22(13-8-18)29-17-23(25)27/h3-9,12-14,21H,2,10-11,15-17H2,1H3,(H2,25,27). The number of benzene rings is 2. The average molecular weight is 392 g/mol. The van der Waals surface area contributed by atoms with Crippen LogP contribution in [0, 0.1) is 0 Å². The summed E-state index contributed by atoms with van der Waals surface area (Å²) >= 11 is 0. The Hall–Kier alpha value is -3.08. The number of nitrogens with zero attached hydrogens (tertiary/aromatic N) is 1. The summed E-state index contributed by atoms with van der Waals surface area (Å²) in [5, 5.41) is 0. The monoisotopic (exact) mass is 392 g/mol. The van der Waals surface area contributed by atoms with Crippen LogP contribution in [0.1, 0.15) is 36.5 Å². The maximum atomic E-state index is 12.9. The third-order valence-corrected chi connectivity index (χ3v) is 5.19. The van der Waals surface area contributed by atoms with E-state index in [0.29, 0.717) is 5.75 Å². The van der Waals surface area contributed by atoms with Crippen LogP contribution in [0.15, 0.2) is 54.6 Å². The van der Waals surface area contributed by atoms with E-state index >= 15 is 0 Å². The van der Waals surface area contributed by atoms with Crippen molar-refractivity contribution in [1.82, 2.24) is 4.90 Å². The Labute approximate surface area is 172 Å². The van der Waals surface area contributed by atoms with Crippen molar-refractivity contribution in [3.05, 3.63) is 71.3 Å². The Morgan fingerprint density at radius 2 is 1.86 bits per heavy atom. The summed E-state index contributed by atoms with van der Waals surface area (Å²) in [7, 11) is 0. The van der Waals surface area contributed by atoms with Crippen molar-refractivity contribution < 1.29 is 14.3 Å². The molecule has 0 fully saturated rings. The van der Waals surface area contributed by atoms with E-state index in [1.807, 2.05) is 23.1 Å². The highest BCUT2D eigenvalue weighted by molar-refractivity contribution is 5.92. The van der Waals surface area contributed by atoms with Crippen LogP contribution in [-0.2, 0) is 22.4 Å². The fourth-order valence-corrected chi connectivity index (χ4v) is 3.75. The van der Waals surface area contributed by atoms with E-state index in [9.17, 15) is 9.59 Å². The van der Waals surface area contributed by atoms with Gasteiger partial charge in [0.1, 0.15) is 5.75 Å². The summed E-state index contributed by atoms with van der Waals surface area (Å²) in [6.07, 6.45) is 7.34. The number of carbonyl (C=O) groups is 2. The Bertz CT molecular complexity index is 874. The third kappa shape index (κ3) is 5.70. The SMILES string of the molecule is CCCN(C(=O)C=Cc1ccc(OCC(N)=O)cc1)C1CCc2ccccc2C1. The summed E-state index contributed by atoms with van der Waals surface area (Å²) in [5.41, 5.74) is 8.73. The first-order valence-corrected chi connectivity index (χ1v) is 10.1. The van der Waals surface area contributed by atoms with Crippen molar-refractivity contribution >= 4 is 17.9 Å². The lowest BCUT2D eigenvalue weighted by Crippen LogP contribution is -2.43. The number of rotatable bonds is 8. The molecular formula is C24H28N2O3. The first kappa shape index (κ1) is 20.6. The molecule has 1 unspecified atom stereocenters. The Balaban J connectivity index is 1.64. The normalized spacial score (nSPS) is 15.7. The summed E-state index contributed by atoms with van der Waals surface area (Å²) in [5.74, 6) is 0.104. The van der Waals surface area contributed by atoms with E-state index < -0.39 is 5.91 Å². The molecule has 0 aromatic heterocycles. The molecule has 5 nitrogen and oxygen atoms in total. The van der Waals surface area contributed by atoms with E-state index in [4.69, 9.17) is 10.5 Å². The minimum absolute atomic E-state index is 0.0466. The number of primary amides is 1. The summed E-state index contributed by atoms with van der Waals surface area (Å²) in [4.78, 5) is 25.7. The van der Waals surface area contributed by atoms with Gasteiger partial charge >= 0.3 is 0 Å². The quantitative estimate of drug-likeness (QED) is 0.700. The molecule has 1 aliphatic rings. The highest BCUT2D eigenvalue weighted by atomic mass is 16.5. The lowest BCUT2D eigenvalue weighted by atomic mass is 9.87. The van der Waals surface area contributed by atoms with E-state index in [0.717, 1.165) is 37.8 Å². The fourth-order valence-electron chi connectivity index (χ4n) is 3.75. The second kappa shape index (κ2) is 9.92. The van der Waals surface area contributed by atoms with E-state index in [1.54, 1.807) is 18.2 Å². The molecule has 29 heavy (non-hydrogen) atoms. The van der Waals surface area contributed by atoms with Crippen LogP contribution in [0.4, 0.5) is 0 Å². The molecule has 5 heteroatoms. The maximum absolute atomic E-state index is 12.9. The van der Waals surface area contributed by atoms with Crippen molar-refractivity contribution in [3.63, 3.8) is 0 Å². The molecule has 3 rings (SSSR count). The van der Waals surface area contributed by atoms with Gasteiger partial charge < -0.3 is 15.4 Å². The molecule has 0 saturated heterocycles. The molecule has 0 heterocycles. The molecule has 1 atom stereocenters. The Kier molecular flexibility index (Phi) is 7.06. The van der Waals surface area contributed by atoms with Crippen LogP contribution >= 0.6 is 0 Å². The molecule has 0 aliphatic heterocycles. The highest BCUT2D eigenvalue weighted by Crippen LogP contribution is 2.25. The van der Waals surface area contributed by atoms with Gasteiger partial charge in [-0.05, 0) is 60.6 Å². The number of amides is 2. The van der Waals surface area contributed by atoms with Gasteiger partial charge in [0.15, 0.2) is 6.61 Å². The number of nitrogens with two attached hydrogens (primary N) is 1. The lowest BCUT2D eigenvalue weighted by Gasteiger charge is -2.34. The summed E-state index contributed by atoms with van der Waals surface area (Å²) in [6, 6.07) is 16.0. The molecule has 2 amide bonds. The fraction of sp³-hybridized carbons (Fsp3) is 0.333. The van der Waals surface area contributed by atoms with Crippen LogP contribution in [0.3, 0.4) is 0 Å². The second-order valence-corrected chi connectivity index (χ2v) is 7.35. The molecule has 2 aromatic rings. The van der Waals surface area contributed by atoms with Crippen molar-refractivity contribution in [2.24, 2.45) is 5.73 Å². The van der Waals surface area contributed by atoms with Crippen LogP contribution < -0.4 is 10.5 Å². The zero-order valence-electron chi connectivity index (χ0n) is 16.8. The first-order chi connectivity index (χ1) is 14.1. The minimum atomic E-state index is -0.513. The molecule has 2 aromatic carbocycles. The van der Waals surface area contributed by atoms with Gasteiger partial charge in [0.25, 0.3) is 5.91 Å². The molecule has 2 N–H and O–H groups in total. The molecule has 0 spiro atoms. The topological polar surface area (TPSA) is 72.6 Å². The molecule has 1 aliphatic carbocycles. The van der Waals surface area contributed by atoms with Gasteiger partial charge in [-0.25, -0.2) is 0 Å². The van der Waals surface area contributed by atoms with Crippen LogP contribution in [0.25, 0.3) is 6.08 Å². The molecule has 0 bridgehead atoms. The van der Waals surface area contributed by atoms with Crippen LogP contribution in [0.5, 0.6) is 5.75 Å². The minimum Gasteiger partial charge on any atom is -0.484 e. The number of hydrogen-bond donors (Lipinski definition) is 1. The van der Waals surface area contributed by atoms with Gasteiger partial charge in [0.2, 0.25) is 5.91 Å². The smallest absolute Gasteiger partial charge is 0.255 e. The number of carbonyl (C=O) groups excluding carboxylic acids is 2. The number of fused-ring (bicyclic) bond motifs is 1. The van der Waals surface area contributed by atoms with Gasteiger partial charge in [0.05, 0.1) is 0 Å². The van der Waals surface area contributed by atoms with Crippen molar-refractivity contribution in [2.75, 3.05) is 13.2 Å². The van der Waals surface area contributed by atoms with Gasteiger partial charge in [-0.1, -0.05) is 43.3 Å². The largest absolute Gasteiger partial charge is 0.484 e. The highest BCUT2D eigenvalue weighted by Gasteiger charge is 2.25. The van der Waals surface area contributed by atoms with Crippen molar-refractivity contribution in [1.29, 1.82) is 0 Å². The number of ether oxygens (including phenoxy) is 1. The van der Waals surface area contributed by atoms with Crippen molar-refractivity contribution in [2.45, 2.75) is 38.6 Å². The second-order valence-electron chi connectivity index (χ2n) is 7.35. The van der Waals surface area contributed by atoms with E-state index in [-0.39, 0.29) is 18.6 Å². The molecule has 0 saturated carbocycles. The van der Waals surface area contributed by atoms with Gasteiger partial charge in [-0.2, -0.15) is 0 Å². The van der Waals surface area contributed by atoms with E-state index in [1.165, 1.54) is 11.1 Å². The zero-order chi connectivity index (χ0) is 20.6. The zero-order valence-corrected chi connectivity index (χ0v) is 16.8. The van der Waals surface area contributed by atoms with Crippen LogP contribution in [0.2, 0.25) is 0 Å². The van der Waals surface area contributed by atoms with Gasteiger partial charge in [0, 0.05) is 18.7 Å². The summed E-state index contributed by atoms with van der Waals surface area (Å²) in [6.45, 7) is 2.71. The van der Waals surface area contributed by atoms with Crippen molar-refractivity contribution in [3.8, 4) is 5.75 Å². The van der Waals surface area contributed by atoms with Gasteiger partial charge in [-0.15, -0.1) is 0 Å². The maximum Gasteiger partial charge on any atom is 0.255 e. The lowest BCUT2D eigenvalue weighted by molar-refractivity contribution is -0.128. The molecular weight excluding hydrogens is 364 g/mol. The first-order valence-electron chi connectivity index (χ1n) is 10.1. The Morgan fingerprint density at radius 1 is 1.14 bits per heavy atom. The predicted molar refractivity (Wildman–Crippen MR) is 114 cm³/mol. The summed E-state index contributed by atoms with van der Waals surface area (Å²) < 4.78 is 5.25. The molecule has 152 valence electrons. The molecule has 0 radical (unpaired) electrons. The number of aryl methyl sites for hydroxylation is 1. The average Bonchev–Trinajstić information content (AvgIpc) is 2.74. The van der Waals surface area contributed by atoms with Crippen LogP contribution in [-0.4, -0.2) is 35.9 Å². The number of hydrogen-bond acceptors (Lipinski definition) is 3. The third-order valence-electron chi connectivity index (χ3n) is 5.19. The van der Waals surface area contributed by atoms with E-state index in [2.05, 4.69) is 31.2 Å².